The number of rotatable bonds is 3. The maximum atomic E-state index is 12.9. The van der Waals surface area contributed by atoms with Crippen LogP contribution in [-0.4, -0.2) is 31.6 Å². The summed E-state index contributed by atoms with van der Waals surface area (Å²) < 4.78 is 10.4. The van der Waals surface area contributed by atoms with Crippen LogP contribution in [0.1, 0.15) is 5.56 Å². The second-order valence-corrected chi connectivity index (χ2v) is 6.29. The van der Waals surface area contributed by atoms with Gasteiger partial charge in [0.05, 0.1) is 25.8 Å². The summed E-state index contributed by atoms with van der Waals surface area (Å²) in [6.45, 7) is 0.0601. The number of carbonyl (C=O) groups excluding carboxylic acids is 2. The Hall–Kier alpha value is -2.24. The Morgan fingerprint density at radius 3 is 2.52 bits per heavy atom. The van der Waals surface area contributed by atoms with E-state index in [1.807, 2.05) is 0 Å². The van der Waals surface area contributed by atoms with E-state index in [4.69, 9.17) is 32.7 Å². The summed E-state index contributed by atoms with van der Waals surface area (Å²) in [5, 5.41) is 0.846. The van der Waals surface area contributed by atoms with Crippen LogP contribution in [0.2, 0.25) is 10.0 Å². The topological polar surface area (TPSA) is 55.8 Å². The Kier molecular flexibility index (Phi) is 5.16. The number of methoxy groups -OCH3 is 1. The van der Waals surface area contributed by atoms with Gasteiger partial charge in [-0.25, -0.2) is 4.79 Å². The van der Waals surface area contributed by atoms with Gasteiger partial charge in [0, 0.05) is 10.0 Å². The fraction of sp³-hybridized carbons (Fsp3) is 0.222. The number of ether oxygens (including phenoxy) is 2. The number of esters is 1. The van der Waals surface area contributed by atoms with Crippen LogP contribution >= 0.6 is 23.2 Å². The van der Waals surface area contributed by atoms with Gasteiger partial charge in [0.15, 0.2) is 0 Å². The number of benzene rings is 2. The van der Waals surface area contributed by atoms with E-state index in [1.165, 1.54) is 12.0 Å². The van der Waals surface area contributed by atoms with Gasteiger partial charge in [0.25, 0.3) is 0 Å². The minimum atomic E-state index is -0.884. The number of halogens is 2. The fourth-order valence-corrected chi connectivity index (χ4v) is 3.20. The van der Waals surface area contributed by atoms with Crippen molar-refractivity contribution in [1.82, 2.24) is 0 Å². The Morgan fingerprint density at radius 2 is 1.84 bits per heavy atom. The standard InChI is InChI=1S/C18H15Cl2NO4/c1-24-18(23)16-10-21(14-7-2-3-8-15(14)25-16)17(22)9-11-12(19)5-4-6-13(11)20/h2-8,16H,9-10H2,1H3/t16-/m1/s1. The normalized spacial score (nSPS) is 16.0. The van der Waals surface area contributed by atoms with Crippen LogP contribution in [0.4, 0.5) is 5.69 Å². The molecule has 1 atom stereocenters. The maximum Gasteiger partial charge on any atom is 0.348 e. The molecule has 2 aromatic rings. The van der Waals surface area contributed by atoms with Gasteiger partial charge in [-0.15, -0.1) is 0 Å². The quantitative estimate of drug-likeness (QED) is 0.765. The third-order valence-electron chi connectivity index (χ3n) is 3.93. The van der Waals surface area contributed by atoms with Crippen LogP contribution in [-0.2, 0) is 20.7 Å². The predicted molar refractivity (Wildman–Crippen MR) is 95.4 cm³/mol. The van der Waals surface area contributed by atoms with Crippen molar-refractivity contribution in [3.8, 4) is 5.75 Å². The van der Waals surface area contributed by atoms with E-state index in [2.05, 4.69) is 0 Å². The highest BCUT2D eigenvalue weighted by Crippen LogP contribution is 2.34. The zero-order chi connectivity index (χ0) is 18.0. The van der Waals surface area contributed by atoms with Gasteiger partial charge in [-0.3, -0.25) is 4.79 Å². The first kappa shape index (κ1) is 17.6. The molecule has 0 aromatic heterocycles. The molecule has 0 saturated carbocycles. The van der Waals surface area contributed by atoms with Crippen LogP contribution in [0.15, 0.2) is 42.5 Å². The summed E-state index contributed by atoms with van der Waals surface area (Å²) in [6.07, 6.45) is -0.869. The van der Waals surface area contributed by atoms with E-state index in [1.54, 1.807) is 42.5 Å². The first-order valence-corrected chi connectivity index (χ1v) is 8.33. The second kappa shape index (κ2) is 7.33. The van der Waals surface area contributed by atoms with Gasteiger partial charge in [-0.1, -0.05) is 41.4 Å². The molecule has 0 spiro atoms. The smallest absolute Gasteiger partial charge is 0.348 e. The van der Waals surface area contributed by atoms with Crippen LogP contribution in [0.25, 0.3) is 0 Å². The lowest BCUT2D eigenvalue weighted by Crippen LogP contribution is -2.48. The highest BCUT2D eigenvalue weighted by atomic mass is 35.5. The molecular formula is C18H15Cl2NO4. The van der Waals surface area contributed by atoms with Crippen LogP contribution in [0, 0.1) is 0 Å². The lowest BCUT2D eigenvalue weighted by molar-refractivity contribution is -0.148. The van der Waals surface area contributed by atoms with E-state index >= 15 is 0 Å². The summed E-state index contributed by atoms with van der Waals surface area (Å²) in [5.41, 5.74) is 1.14. The molecule has 0 aliphatic carbocycles. The van der Waals surface area contributed by atoms with Crippen molar-refractivity contribution in [1.29, 1.82) is 0 Å². The number of nitrogens with zero attached hydrogens (tertiary/aromatic N) is 1. The average molecular weight is 380 g/mol. The molecule has 0 N–H and O–H groups in total. The Balaban J connectivity index is 1.91. The van der Waals surface area contributed by atoms with E-state index in [0.29, 0.717) is 27.0 Å². The van der Waals surface area contributed by atoms with E-state index in [0.717, 1.165) is 0 Å². The third-order valence-corrected chi connectivity index (χ3v) is 4.64. The lowest BCUT2D eigenvalue weighted by atomic mass is 10.1. The van der Waals surface area contributed by atoms with Crippen LogP contribution in [0.5, 0.6) is 5.75 Å². The van der Waals surface area contributed by atoms with Crippen molar-refractivity contribution in [2.24, 2.45) is 0 Å². The lowest BCUT2D eigenvalue weighted by Gasteiger charge is -2.33. The molecule has 5 nitrogen and oxygen atoms in total. The van der Waals surface area contributed by atoms with Gasteiger partial charge < -0.3 is 14.4 Å². The Bertz CT molecular complexity index is 804. The minimum absolute atomic E-state index is 0.0146. The number of hydrogen-bond donors (Lipinski definition) is 0. The zero-order valence-electron chi connectivity index (χ0n) is 13.4. The summed E-state index contributed by atoms with van der Waals surface area (Å²) in [6, 6.07) is 12.1. The molecule has 3 rings (SSSR count). The van der Waals surface area contributed by atoms with Crippen LogP contribution in [0.3, 0.4) is 0 Å². The van der Waals surface area contributed by atoms with Gasteiger partial charge in [-0.2, -0.15) is 0 Å². The summed E-state index contributed by atoms with van der Waals surface area (Å²) in [7, 11) is 1.28. The first-order valence-electron chi connectivity index (χ1n) is 7.58. The van der Waals surface area contributed by atoms with Crippen molar-refractivity contribution in [3.05, 3.63) is 58.1 Å². The van der Waals surface area contributed by atoms with Gasteiger partial charge in [0.1, 0.15) is 5.75 Å². The molecular weight excluding hydrogens is 365 g/mol. The molecule has 7 heteroatoms. The number of amides is 1. The highest BCUT2D eigenvalue weighted by Gasteiger charge is 2.34. The van der Waals surface area contributed by atoms with Gasteiger partial charge in [0.2, 0.25) is 12.0 Å². The van der Waals surface area contributed by atoms with Crippen molar-refractivity contribution in [3.63, 3.8) is 0 Å². The molecule has 130 valence electrons. The molecule has 0 fully saturated rings. The van der Waals surface area contributed by atoms with E-state index < -0.39 is 12.1 Å². The summed E-state index contributed by atoms with van der Waals surface area (Å²) in [5.74, 6) is -0.328. The molecule has 1 amide bonds. The third kappa shape index (κ3) is 3.57. The maximum absolute atomic E-state index is 12.9. The van der Waals surface area contributed by atoms with Gasteiger partial charge >= 0.3 is 5.97 Å². The number of hydrogen-bond acceptors (Lipinski definition) is 4. The molecule has 0 radical (unpaired) electrons. The van der Waals surface area contributed by atoms with E-state index in [9.17, 15) is 9.59 Å². The van der Waals surface area contributed by atoms with Crippen molar-refractivity contribution < 1.29 is 19.1 Å². The average Bonchev–Trinajstić information content (AvgIpc) is 2.63. The number of anilines is 1. The molecule has 1 heterocycles. The van der Waals surface area contributed by atoms with Crippen molar-refractivity contribution in [2.45, 2.75) is 12.5 Å². The largest absolute Gasteiger partial charge is 0.475 e. The SMILES string of the molecule is COC(=O)[C@H]1CN(C(=O)Cc2c(Cl)cccc2Cl)c2ccccc2O1. The molecule has 1 aliphatic rings. The molecule has 0 bridgehead atoms. The zero-order valence-corrected chi connectivity index (χ0v) is 14.9. The molecule has 25 heavy (non-hydrogen) atoms. The number of para-hydroxylation sites is 2. The number of fused-ring (bicyclic) bond motifs is 1. The summed E-state index contributed by atoms with van der Waals surface area (Å²) >= 11 is 12.3. The summed E-state index contributed by atoms with van der Waals surface area (Å²) in [4.78, 5) is 26.3. The monoisotopic (exact) mass is 379 g/mol. The molecule has 0 saturated heterocycles. The predicted octanol–water partition coefficient (Wildman–Crippen LogP) is 3.50. The Morgan fingerprint density at radius 1 is 1.16 bits per heavy atom. The minimum Gasteiger partial charge on any atom is -0.475 e. The Labute approximate surface area is 155 Å². The van der Waals surface area contributed by atoms with E-state index in [-0.39, 0.29) is 18.9 Å². The van der Waals surface area contributed by atoms with Crippen molar-refractivity contribution >= 4 is 40.8 Å². The molecule has 2 aromatic carbocycles. The molecule has 1 aliphatic heterocycles. The second-order valence-electron chi connectivity index (χ2n) is 5.48. The van der Waals surface area contributed by atoms with Crippen molar-refractivity contribution in [2.75, 3.05) is 18.6 Å². The van der Waals surface area contributed by atoms with Gasteiger partial charge in [-0.05, 0) is 29.8 Å². The fourth-order valence-electron chi connectivity index (χ4n) is 2.67. The highest BCUT2D eigenvalue weighted by molar-refractivity contribution is 6.36. The number of carbonyl (C=O) groups is 2. The first-order chi connectivity index (χ1) is 12.0. The molecule has 0 unspecified atom stereocenters. The van der Waals surface area contributed by atoms with Crippen LogP contribution < -0.4 is 9.64 Å².